The molecule has 2 atom stereocenters. The smallest absolute Gasteiger partial charge is 0.0807 e. The SMILES string of the molecule is Cc1ccccc1[C@@H](O)C[C@@H](N)C(C)(C)C. The minimum absolute atomic E-state index is 0.00195. The Balaban J connectivity index is 2.73. The molecular formula is C14H23NO. The van der Waals surface area contributed by atoms with Crippen molar-refractivity contribution in [2.24, 2.45) is 11.1 Å². The largest absolute Gasteiger partial charge is 0.388 e. The maximum Gasteiger partial charge on any atom is 0.0807 e. The summed E-state index contributed by atoms with van der Waals surface area (Å²) in [6, 6.07) is 7.92. The second-order valence-corrected chi connectivity index (χ2v) is 5.58. The van der Waals surface area contributed by atoms with Gasteiger partial charge in [0.1, 0.15) is 0 Å². The van der Waals surface area contributed by atoms with Crippen LogP contribution in [0.1, 0.15) is 44.4 Å². The molecule has 0 aliphatic carbocycles. The van der Waals surface area contributed by atoms with E-state index < -0.39 is 6.10 Å². The van der Waals surface area contributed by atoms with Crippen LogP contribution in [0.15, 0.2) is 24.3 Å². The molecule has 0 aromatic heterocycles. The fourth-order valence-corrected chi connectivity index (χ4v) is 1.68. The fraction of sp³-hybridized carbons (Fsp3) is 0.571. The van der Waals surface area contributed by atoms with Gasteiger partial charge in [0, 0.05) is 6.04 Å². The minimum atomic E-state index is -0.463. The molecule has 0 saturated heterocycles. The van der Waals surface area contributed by atoms with Gasteiger partial charge >= 0.3 is 0 Å². The molecule has 0 spiro atoms. The third kappa shape index (κ3) is 3.32. The zero-order valence-corrected chi connectivity index (χ0v) is 10.7. The Morgan fingerprint density at radius 1 is 1.25 bits per heavy atom. The summed E-state index contributed by atoms with van der Waals surface area (Å²) in [6.45, 7) is 8.31. The predicted octanol–water partition coefficient (Wildman–Crippen LogP) is 2.79. The maximum atomic E-state index is 10.2. The van der Waals surface area contributed by atoms with Crippen molar-refractivity contribution in [2.45, 2.75) is 46.3 Å². The first kappa shape index (κ1) is 13.2. The maximum absolute atomic E-state index is 10.2. The number of benzene rings is 1. The van der Waals surface area contributed by atoms with Crippen molar-refractivity contribution in [1.82, 2.24) is 0 Å². The summed E-state index contributed by atoms with van der Waals surface area (Å²) in [6.07, 6.45) is 0.143. The van der Waals surface area contributed by atoms with Gasteiger partial charge in [0.2, 0.25) is 0 Å². The molecule has 0 amide bonds. The number of hydrogen-bond donors (Lipinski definition) is 2. The van der Waals surface area contributed by atoms with Crippen LogP contribution in [0, 0.1) is 12.3 Å². The molecule has 0 unspecified atom stereocenters. The zero-order valence-electron chi connectivity index (χ0n) is 10.7. The fourth-order valence-electron chi connectivity index (χ4n) is 1.68. The molecule has 1 aromatic rings. The Hall–Kier alpha value is -0.860. The first-order valence-corrected chi connectivity index (χ1v) is 5.81. The average Bonchev–Trinajstić information content (AvgIpc) is 2.16. The number of aryl methyl sites for hydroxylation is 1. The van der Waals surface area contributed by atoms with Gasteiger partial charge in [0.15, 0.2) is 0 Å². The van der Waals surface area contributed by atoms with Gasteiger partial charge in [-0.15, -0.1) is 0 Å². The predicted molar refractivity (Wildman–Crippen MR) is 68.2 cm³/mol. The molecule has 0 fully saturated rings. The standard InChI is InChI=1S/C14H23NO/c1-10-7-5-6-8-11(10)12(16)9-13(15)14(2,3)4/h5-8,12-13,16H,9,15H2,1-4H3/t12-,13+/m0/s1. The summed E-state index contributed by atoms with van der Waals surface area (Å²) in [5, 5.41) is 10.2. The molecular weight excluding hydrogens is 198 g/mol. The van der Waals surface area contributed by atoms with Crippen LogP contribution in [0.5, 0.6) is 0 Å². The lowest BCUT2D eigenvalue weighted by Crippen LogP contribution is -2.36. The Labute approximate surface area is 98.5 Å². The van der Waals surface area contributed by atoms with Crippen LogP contribution in [-0.4, -0.2) is 11.1 Å². The summed E-state index contributed by atoms with van der Waals surface area (Å²) < 4.78 is 0. The van der Waals surface area contributed by atoms with Gasteiger partial charge in [0.25, 0.3) is 0 Å². The number of aliphatic hydroxyl groups is 1. The van der Waals surface area contributed by atoms with Crippen LogP contribution in [0.2, 0.25) is 0 Å². The van der Waals surface area contributed by atoms with E-state index >= 15 is 0 Å². The first-order valence-electron chi connectivity index (χ1n) is 5.81. The van der Waals surface area contributed by atoms with E-state index in [-0.39, 0.29) is 11.5 Å². The Morgan fingerprint density at radius 3 is 2.31 bits per heavy atom. The van der Waals surface area contributed by atoms with E-state index in [0.717, 1.165) is 11.1 Å². The van der Waals surface area contributed by atoms with Crippen LogP contribution in [0.25, 0.3) is 0 Å². The van der Waals surface area contributed by atoms with Gasteiger partial charge in [0.05, 0.1) is 6.10 Å². The Kier molecular flexibility index (Phi) is 4.11. The molecule has 1 rings (SSSR count). The number of nitrogens with two attached hydrogens (primary N) is 1. The lowest BCUT2D eigenvalue weighted by atomic mass is 9.83. The van der Waals surface area contributed by atoms with E-state index in [9.17, 15) is 5.11 Å². The highest BCUT2D eigenvalue weighted by Crippen LogP contribution is 2.27. The van der Waals surface area contributed by atoms with E-state index in [4.69, 9.17) is 5.73 Å². The van der Waals surface area contributed by atoms with Gasteiger partial charge in [-0.05, 0) is 29.9 Å². The van der Waals surface area contributed by atoms with Gasteiger partial charge in [-0.3, -0.25) is 0 Å². The van der Waals surface area contributed by atoms with E-state index in [1.165, 1.54) is 0 Å². The van der Waals surface area contributed by atoms with Crippen molar-refractivity contribution >= 4 is 0 Å². The summed E-state index contributed by atoms with van der Waals surface area (Å²) in [5.41, 5.74) is 8.22. The lowest BCUT2D eigenvalue weighted by molar-refractivity contribution is 0.133. The Morgan fingerprint density at radius 2 is 1.81 bits per heavy atom. The van der Waals surface area contributed by atoms with Crippen molar-refractivity contribution in [3.05, 3.63) is 35.4 Å². The highest BCUT2D eigenvalue weighted by atomic mass is 16.3. The van der Waals surface area contributed by atoms with E-state index in [0.29, 0.717) is 6.42 Å². The molecule has 0 aliphatic heterocycles. The van der Waals surface area contributed by atoms with Crippen LogP contribution in [0.3, 0.4) is 0 Å². The highest BCUT2D eigenvalue weighted by Gasteiger charge is 2.24. The van der Waals surface area contributed by atoms with Crippen molar-refractivity contribution in [3.8, 4) is 0 Å². The second kappa shape index (κ2) is 4.98. The third-order valence-electron chi connectivity index (χ3n) is 3.14. The van der Waals surface area contributed by atoms with E-state index in [1.807, 2.05) is 31.2 Å². The van der Waals surface area contributed by atoms with Crippen LogP contribution >= 0.6 is 0 Å². The highest BCUT2D eigenvalue weighted by molar-refractivity contribution is 5.27. The van der Waals surface area contributed by atoms with Gasteiger partial charge in [-0.1, -0.05) is 45.0 Å². The molecule has 0 radical (unpaired) electrons. The summed E-state index contributed by atoms with van der Waals surface area (Å²) >= 11 is 0. The molecule has 90 valence electrons. The topological polar surface area (TPSA) is 46.2 Å². The van der Waals surface area contributed by atoms with Crippen molar-refractivity contribution in [2.75, 3.05) is 0 Å². The quantitative estimate of drug-likeness (QED) is 0.824. The number of rotatable bonds is 3. The summed E-state index contributed by atoms with van der Waals surface area (Å²) in [4.78, 5) is 0. The summed E-state index contributed by atoms with van der Waals surface area (Å²) in [5.74, 6) is 0. The second-order valence-electron chi connectivity index (χ2n) is 5.58. The minimum Gasteiger partial charge on any atom is -0.388 e. The Bertz CT molecular complexity index is 341. The molecule has 2 heteroatoms. The molecule has 0 saturated carbocycles. The molecule has 0 bridgehead atoms. The van der Waals surface area contributed by atoms with E-state index in [2.05, 4.69) is 20.8 Å². The molecule has 3 N–H and O–H groups in total. The van der Waals surface area contributed by atoms with Gasteiger partial charge < -0.3 is 10.8 Å². The van der Waals surface area contributed by atoms with Crippen LogP contribution < -0.4 is 5.73 Å². The first-order chi connectivity index (χ1) is 7.32. The molecule has 1 aromatic carbocycles. The normalized spacial score (nSPS) is 15.9. The van der Waals surface area contributed by atoms with Crippen molar-refractivity contribution in [1.29, 1.82) is 0 Å². The van der Waals surface area contributed by atoms with Crippen molar-refractivity contribution < 1.29 is 5.11 Å². The van der Waals surface area contributed by atoms with Gasteiger partial charge in [-0.25, -0.2) is 0 Å². The number of aliphatic hydroxyl groups excluding tert-OH is 1. The van der Waals surface area contributed by atoms with Crippen LogP contribution in [-0.2, 0) is 0 Å². The van der Waals surface area contributed by atoms with Gasteiger partial charge in [-0.2, -0.15) is 0 Å². The van der Waals surface area contributed by atoms with Crippen LogP contribution in [0.4, 0.5) is 0 Å². The molecule has 16 heavy (non-hydrogen) atoms. The average molecular weight is 221 g/mol. The molecule has 0 heterocycles. The third-order valence-corrected chi connectivity index (χ3v) is 3.14. The summed E-state index contributed by atoms with van der Waals surface area (Å²) in [7, 11) is 0. The van der Waals surface area contributed by atoms with E-state index in [1.54, 1.807) is 0 Å². The van der Waals surface area contributed by atoms with Crippen molar-refractivity contribution in [3.63, 3.8) is 0 Å². The monoisotopic (exact) mass is 221 g/mol. The lowest BCUT2D eigenvalue weighted by Gasteiger charge is -2.29. The molecule has 2 nitrogen and oxygen atoms in total. The zero-order chi connectivity index (χ0) is 12.3. The number of hydrogen-bond acceptors (Lipinski definition) is 2. The molecule has 0 aliphatic rings.